The second-order valence-electron chi connectivity index (χ2n) is 7.01. The molecule has 2 saturated heterocycles. The van der Waals surface area contributed by atoms with Crippen molar-refractivity contribution in [2.24, 2.45) is 0 Å². The van der Waals surface area contributed by atoms with Gasteiger partial charge in [0, 0.05) is 41.8 Å². The van der Waals surface area contributed by atoms with Gasteiger partial charge < -0.3 is 5.11 Å². The molecule has 0 amide bonds. The van der Waals surface area contributed by atoms with E-state index in [-0.39, 0.29) is 0 Å². The van der Waals surface area contributed by atoms with Gasteiger partial charge in [-0.3, -0.25) is 9.80 Å². The SMILES string of the molecule is CC(C)N1C2CCC1CN(CC(O)c1ccccc1Cl)CC2. The largest absolute Gasteiger partial charge is 0.387 e. The molecule has 122 valence electrons. The summed E-state index contributed by atoms with van der Waals surface area (Å²) in [5, 5.41) is 11.2. The minimum absolute atomic E-state index is 0.502. The van der Waals surface area contributed by atoms with Gasteiger partial charge >= 0.3 is 0 Å². The Balaban J connectivity index is 1.66. The number of β-amino-alcohol motifs (C(OH)–C–C–N with tert-alkyl or cyclic N) is 1. The third kappa shape index (κ3) is 3.33. The maximum Gasteiger partial charge on any atom is 0.0931 e. The van der Waals surface area contributed by atoms with Crippen LogP contribution in [0.5, 0.6) is 0 Å². The molecular weight excluding hydrogens is 296 g/mol. The number of aliphatic hydroxyl groups is 1. The fraction of sp³-hybridized carbons (Fsp3) is 0.667. The lowest BCUT2D eigenvalue weighted by atomic mass is 10.1. The molecule has 2 bridgehead atoms. The molecule has 1 N–H and O–H groups in total. The van der Waals surface area contributed by atoms with Crippen molar-refractivity contribution in [2.75, 3.05) is 19.6 Å². The molecule has 1 aromatic carbocycles. The van der Waals surface area contributed by atoms with E-state index in [4.69, 9.17) is 11.6 Å². The summed E-state index contributed by atoms with van der Waals surface area (Å²) in [7, 11) is 0. The van der Waals surface area contributed by atoms with Gasteiger partial charge in [0.15, 0.2) is 0 Å². The average molecular weight is 323 g/mol. The van der Waals surface area contributed by atoms with Gasteiger partial charge in [0.1, 0.15) is 0 Å². The lowest BCUT2D eigenvalue weighted by molar-refractivity contribution is 0.100. The average Bonchev–Trinajstić information content (AvgIpc) is 2.77. The minimum Gasteiger partial charge on any atom is -0.387 e. The molecule has 22 heavy (non-hydrogen) atoms. The lowest BCUT2D eigenvalue weighted by Gasteiger charge is -2.32. The summed E-state index contributed by atoms with van der Waals surface area (Å²) in [6.07, 6.45) is 3.34. The van der Waals surface area contributed by atoms with E-state index in [0.717, 1.165) is 24.7 Å². The summed E-state index contributed by atoms with van der Waals surface area (Å²) in [6, 6.07) is 9.62. The van der Waals surface area contributed by atoms with Gasteiger partial charge in [0.2, 0.25) is 0 Å². The number of halogens is 1. The number of likely N-dealkylation sites (tertiary alicyclic amines) is 1. The Morgan fingerprint density at radius 2 is 1.91 bits per heavy atom. The predicted molar refractivity (Wildman–Crippen MR) is 91.3 cm³/mol. The summed E-state index contributed by atoms with van der Waals surface area (Å²) in [5.74, 6) is 0. The van der Waals surface area contributed by atoms with Crippen molar-refractivity contribution in [1.82, 2.24) is 9.80 Å². The van der Waals surface area contributed by atoms with Crippen LogP contribution < -0.4 is 0 Å². The van der Waals surface area contributed by atoms with Crippen molar-refractivity contribution < 1.29 is 5.11 Å². The first-order chi connectivity index (χ1) is 10.6. The molecule has 2 heterocycles. The van der Waals surface area contributed by atoms with Gasteiger partial charge in [-0.05, 0) is 45.7 Å². The highest BCUT2D eigenvalue weighted by Gasteiger charge is 2.38. The molecule has 0 spiro atoms. The van der Waals surface area contributed by atoms with Crippen LogP contribution in [0.15, 0.2) is 24.3 Å². The van der Waals surface area contributed by atoms with Crippen molar-refractivity contribution in [3.05, 3.63) is 34.9 Å². The number of hydrogen-bond donors (Lipinski definition) is 1. The van der Waals surface area contributed by atoms with Crippen molar-refractivity contribution in [3.8, 4) is 0 Å². The predicted octanol–water partition coefficient (Wildman–Crippen LogP) is 3.32. The Morgan fingerprint density at radius 1 is 1.18 bits per heavy atom. The Bertz CT molecular complexity index is 508. The van der Waals surface area contributed by atoms with Gasteiger partial charge in [-0.15, -0.1) is 0 Å². The van der Waals surface area contributed by atoms with E-state index in [2.05, 4.69) is 23.6 Å². The molecule has 2 fully saturated rings. The number of nitrogens with zero attached hydrogens (tertiary/aromatic N) is 2. The zero-order chi connectivity index (χ0) is 15.7. The van der Waals surface area contributed by atoms with Crippen molar-refractivity contribution >= 4 is 11.6 Å². The van der Waals surface area contributed by atoms with Gasteiger partial charge in [-0.25, -0.2) is 0 Å². The van der Waals surface area contributed by atoms with E-state index in [0.29, 0.717) is 23.7 Å². The van der Waals surface area contributed by atoms with E-state index in [1.807, 2.05) is 24.3 Å². The smallest absolute Gasteiger partial charge is 0.0931 e. The molecule has 0 aromatic heterocycles. The highest BCUT2D eigenvalue weighted by atomic mass is 35.5. The van der Waals surface area contributed by atoms with Crippen molar-refractivity contribution in [1.29, 1.82) is 0 Å². The summed E-state index contributed by atoms with van der Waals surface area (Å²) >= 11 is 6.21. The van der Waals surface area contributed by atoms with E-state index in [9.17, 15) is 5.11 Å². The third-order valence-corrected chi connectivity index (χ3v) is 5.56. The van der Waals surface area contributed by atoms with Crippen LogP contribution in [-0.4, -0.2) is 52.7 Å². The van der Waals surface area contributed by atoms with Gasteiger partial charge in [0.25, 0.3) is 0 Å². The highest BCUT2D eigenvalue weighted by molar-refractivity contribution is 6.31. The number of fused-ring (bicyclic) bond motifs is 2. The van der Waals surface area contributed by atoms with Crippen LogP contribution >= 0.6 is 11.6 Å². The van der Waals surface area contributed by atoms with Crippen molar-refractivity contribution in [2.45, 2.75) is 57.3 Å². The fourth-order valence-electron chi connectivity index (χ4n) is 4.28. The molecule has 3 atom stereocenters. The zero-order valence-corrected chi connectivity index (χ0v) is 14.3. The standard InChI is InChI=1S/C18H27ClN2O/c1-13(2)21-14-7-8-15(21)11-20(10-9-14)12-18(22)16-5-3-4-6-17(16)19/h3-6,13-15,18,22H,7-12H2,1-2H3. The van der Waals surface area contributed by atoms with E-state index in [1.54, 1.807) is 0 Å². The Morgan fingerprint density at radius 3 is 2.64 bits per heavy atom. The van der Waals surface area contributed by atoms with Crippen LogP contribution in [0, 0.1) is 0 Å². The molecule has 4 heteroatoms. The quantitative estimate of drug-likeness (QED) is 0.921. The van der Waals surface area contributed by atoms with Crippen LogP contribution in [0.25, 0.3) is 0 Å². The molecule has 2 aliphatic heterocycles. The summed E-state index contributed by atoms with van der Waals surface area (Å²) in [5.41, 5.74) is 0.847. The van der Waals surface area contributed by atoms with Crippen molar-refractivity contribution in [3.63, 3.8) is 0 Å². The molecule has 3 rings (SSSR count). The first kappa shape index (κ1) is 16.3. The third-order valence-electron chi connectivity index (χ3n) is 5.22. The fourth-order valence-corrected chi connectivity index (χ4v) is 4.54. The minimum atomic E-state index is -0.502. The highest BCUT2D eigenvalue weighted by Crippen LogP contribution is 2.33. The van der Waals surface area contributed by atoms with Crippen LogP contribution in [0.2, 0.25) is 5.02 Å². The number of rotatable bonds is 4. The second-order valence-corrected chi connectivity index (χ2v) is 7.42. The first-order valence-corrected chi connectivity index (χ1v) is 8.86. The topological polar surface area (TPSA) is 26.7 Å². The number of aliphatic hydroxyl groups excluding tert-OH is 1. The monoisotopic (exact) mass is 322 g/mol. The van der Waals surface area contributed by atoms with Gasteiger partial charge in [-0.2, -0.15) is 0 Å². The summed E-state index contributed by atoms with van der Waals surface area (Å²) < 4.78 is 0. The van der Waals surface area contributed by atoms with Gasteiger partial charge in [-0.1, -0.05) is 29.8 Å². The summed E-state index contributed by atoms with van der Waals surface area (Å²) in [6.45, 7) is 7.43. The molecule has 0 saturated carbocycles. The first-order valence-electron chi connectivity index (χ1n) is 8.48. The maximum atomic E-state index is 10.6. The van der Waals surface area contributed by atoms with Crippen LogP contribution in [-0.2, 0) is 0 Å². The molecule has 0 aliphatic carbocycles. The van der Waals surface area contributed by atoms with E-state index in [1.165, 1.54) is 19.3 Å². The number of benzene rings is 1. The molecule has 1 aromatic rings. The summed E-state index contributed by atoms with van der Waals surface area (Å²) in [4.78, 5) is 5.12. The number of hydrogen-bond acceptors (Lipinski definition) is 3. The Kier molecular flexibility index (Phi) is 5.08. The maximum absolute atomic E-state index is 10.6. The van der Waals surface area contributed by atoms with Crippen LogP contribution in [0.1, 0.15) is 44.8 Å². The van der Waals surface area contributed by atoms with Gasteiger partial charge in [0.05, 0.1) is 6.10 Å². The second kappa shape index (κ2) is 6.88. The van der Waals surface area contributed by atoms with Crippen LogP contribution in [0.4, 0.5) is 0 Å². The zero-order valence-electron chi connectivity index (χ0n) is 13.6. The molecule has 3 unspecified atom stereocenters. The molecule has 0 radical (unpaired) electrons. The van der Waals surface area contributed by atoms with Crippen LogP contribution in [0.3, 0.4) is 0 Å². The Labute approximate surface area is 138 Å². The molecule has 2 aliphatic rings. The van der Waals surface area contributed by atoms with E-state index < -0.39 is 6.10 Å². The lowest BCUT2D eigenvalue weighted by Crippen LogP contribution is -2.43. The normalized spacial score (nSPS) is 28.0. The molecule has 3 nitrogen and oxygen atoms in total. The Hall–Kier alpha value is -0.610. The molecular formula is C18H27ClN2O. The van der Waals surface area contributed by atoms with E-state index >= 15 is 0 Å².